The van der Waals surface area contributed by atoms with Crippen molar-refractivity contribution in [1.29, 1.82) is 0 Å². The largest absolute Gasteiger partial charge is 0.316 e. The minimum Gasteiger partial charge on any atom is -0.316 e. The lowest BCUT2D eigenvalue weighted by molar-refractivity contribution is 0.449. The van der Waals surface area contributed by atoms with Crippen LogP contribution in [0.1, 0.15) is 18.4 Å². The third-order valence-electron chi connectivity index (χ3n) is 2.54. The SMILES string of the molecule is Clc1cccc(C#CC2CCCNC2)c1. The summed E-state index contributed by atoms with van der Waals surface area (Å²) >= 11 is 5.89. The smallest absolute Gasteiger partial charge is 0.0418 e. The highest BCUT2D eigenvalue weighted by Crippen LogP contribution is 2.11. The third-order valence-corrected chi connectivity index (χ3v) is 2.78. The summed E-state index contributed by atoms with van der Waals surface area (Å²) in [5.41, 5.74) is 1.01. The topological polar surface area (TPSA) is 12.0 Å². The maximum absolute atomic E-state index is 5.89. The van der Waals surface area contributed by atoms with Gasteiger partial charge in [-0.15, -0.1) is 0 Å². The van der Waals surface area contributed by atoms with Crippen LogP contribution >= 0.6 is 11.6 Å². The molecule has 1 N–H and O–H groups in total. The Morgan fingerprint density at radius 2 is 2.33 bits per heavy atom. The molecule has 1 saturated heterocycles. The highest BCUT2D eigenvalue weighted by atomic mass is 35.5. The van der Waals surface area contributed by atoms with Gasteiger partial charge in [-0.2, -0.15) is 0 Å². The second kappa shape index (κ2) is 5.21. The van der Waals surface area contributed by atoms with E-state index in [0.29, 0.717) is 5.92 Å². The van der Waals surface area contributed by atoms with Crippen molar-refractivity contribution in [2.24, 2.45) is 5.92 Å². The van der Waals surface area contributed by atoms with Crippen molar-refractivity contribution in [3.63, 3.8) is 0 Å². The highest BCUT2D eigenvalue weighted by molar-refractivity contribution is 6.30. The lowest BCUT2D eigenvalue weighted by Crippen LogP contribution is -2.28. The van der Waals surface area contributed by atoms with Crippen molar-refractivity contribution in [2.75, 3.05) is 13.1 Å². The molecule has 1 aliphatic heterocycles. The fourth-order valence-electron chi connectivity index (χ4n) is 1.73. The van der Waals surface area contributed by atoms with Crippen LogP contribution in [0.4, 0.5) is 0 Å². The van der Waals surface area contributed by atoms with Gasteiger partial charge in [0.2, 0.25) is 0 Å². The van der Waals surface area contributed by atoms with E-state index in [4.69, 9.17) is 11.6 Å². The van der Waals surface area contributed by atoms with E-state index in [1.54, 1.807) is 0 Å². The van der Waals surface area contributed by atoms with Crippen LogP contribution in [-0.4, -0.2) is 13.1 Å². The molecule has 0 spiro atoms. The molecule has 0 aliphatic carbocycles. The average molecular weight is 220 g/mol. The van der Waals surface area contributed by atoms with Gasteiger partial charge >= 0.3 is 0 Å². The van der Waals surface area contributed by atoms with Crippen LogP contribution in [0, 0.1) is 17.8 Å². The Morgan fingerprint density at radius 1 is 1.40 bits per heavy atom. The van der Waals surface area contributed by atoms with Crippen molar-refractivity contribution in [1.82, 2.24) is 5.32 Å². The van der Waals surface area contributed by atoms with Gasteiger partial charge in [-0.1, -0.05) is 29.5 Å². The molecule has 2 heteroatoms. The number of hydrogen-bond donors (Lipinski definition) is 1. The Hall–Kier alpha value is -0.970. The Balaban J connectivity index is 2.03. The van der Waals surface area contributed by atoms with Gasteiger partial charge in [0.05, 0.1) is 0 Å². The van der Waals surface area contributed by atoms with E-state index in [1.165, 1.54) is 12.8 Å². The van der Waals surface area contributed by atoms with Crippen LogP contribution in [0.15, 0.2) is 24.3 Å². The van der Waals surface area contributed by atoms with E-state index in [2.05, 4.69) is 17.2 Å². The minimum absolute atomic E-state index is 0.498. The molecule has 1 fully saturated rings. The number of nitrogens with one attached hydrogen (secondary N) is 1. The highest BCUT2D eigenvalue weighted by Gasteiger charge is 2.08. The van der Waals surface area contributed by atoms with Gasteiger partial charge in [0.15, 0.2) is 0 Å². The maximum atomic E-state index is 5.89. The monoisotopic (exact) mass is 219 g/mol. The molecule has 0 bridgehead atoms. The van der Waals surface area contributed by atoms with Gasteiger partial charge in [-0.05, 0) is 37.6 Å². The van der Waals surface area contributed by atoms with E-state index in [1.807, 2.05) is 24.3 Å². The van der Waals surface area contributed by atoms with Crippen molar-refractivity contribution in [3.05, 3.63) is 34.9 Å². The fraction of sp³-hybridized carbons (Fsp3) is 0.385. The van der Waals surface area contributed by atoms with Gasteiger partial charge in [0.1, 0.15) is 0 Å². The molecule has 1 aromatic carbocycles. The van der Waals surface area contributed by atoms with E-state index in [0.717, 1.165) is 23.7 Å². The molecule has 0 saturated carbocycles. The van der Waals surface area contributed by atoms with Crippen LogP contribution in [-0.2, 0) is 0 Å². The molecule has 78 valence electrons. The molecule has 1 aromatic rings. The Labute approximate surface area is 95.8 Å². The lowest BCUT2D eigenvalue weighted by Gasteiger charge is -2.17. The van der Waals surface area contributed by atoms with Crippen molar-refractivity contribution >= 4 is 11.6 Å². The first-order chi connectivity index (χ1) is 7.34. The van der Waals surface area contributed by atoms with E-state index < -0.39 is 0 Å². The molecule has 1 unspecified atom stereocenters. The molecule has 1 aliphatic rings. The molecule has 0 aromatic heterocycles. The summed E-state index contributed by atoms with van der Waals surface area (Å²) in [5, 5.41) is 4.11. The first kappa shape index (κ1) is 10.5. The molecule has 1 atom stereocenters. The van der Waals surface area contributed by atoms with Crippen LogP contribution in [0.5, 0.6) is 0 Å². The molecule has 0 radical (unpaired) electrons. The number of piperidine rings is 1. The zero-order valence-corrected chi connectivity index (χ0v) is 9.35. The summed E-state index contributed by atoms with van der Waals surface area (Å²) in [6.07, 6.45) is 2.44. The van der Waals surface area contributed by atoms with Crippen molar-refractivity contribution < 1.29 is 0 Å². The number of rotatable bonds is 0. The first-order valence-electron chi connectivity index (χ1n) is 5.32. The summed E-state index contributed by atoms with van der Waals surface area (Å²) < 4.78 is 0. The van der Waals surface area contributed by atoms with Gasteiger partial charge in [0, 0.05) is 23.0 Å². The summed E-state index contributed by atoms with van der Waals surface area (Å²) in [5.74, 6) is 6.97. The summed E-state index contributed by atoms with van der Waals surface area (Å²) in [4.78, 5) is 0. The molecular weight excluding hydrogens is 206 g/mol. The van der Waals surface area contributed by atoms with Crippen LogP contribution in [0.2, 0.25) is 5.02 Å². The van der Waals surface area contributed by atoms with Gasteiger partial charge in [-0.25, -0.2) is 0 Å². The summed E-state index contributed by atoms with van der Waals surface area (Å²) in [6.45, 7) is 2.16. The zero-order chi connectivity index (χ0) is 10.5. The number of benzene rings is 1. The Bertz CT molecular complexity index is 383. The van der Waals surface area contributed by atoms with Crippen molar-refractivity contribution in [3.8, 4) is 11.8 Å². The quantitative estimate of drug-likeness (QED) is 0.662. The lowest BCUT2D eigenvalue weighted by atomic mass is 10.00. The Morgan fingerprint density at radius 3 is 3.07 bits per heavy atom. The van der Waals surface area contributed by atoms with Crippen LogP contribution in [0.3, 0.4) is 0 Å². The fourth-order valence-corrected chi connectivity index (χ4v) is 1.92. The number of hydrogen-bond acceptors (Lipinski definition) is 1. The van der Waals surface area contributed by atoms with E-state index >= 15 is 0 Å². The molecule has 1 nitrogen and oxygen atoms in total. The normalized spacial score (nSPS) is 20.5. The second-order valence-corrected chi connectivity index (χ2v) is 4.26. The third kappa shape index (κ3) is 3.27. The molecule has 0 amide bonds. The van der Waals surface area contributed by atoms with Crippen LogP contribution in [0.25, 0.3) is 0 Å². The maximum Gasteiger partial charge on any atom is 0.0418 e. The minimum atomic E-state index is 0.498. The summed E-state index contributed by atoms with van der Waals surface area (Å²) in [6, 6.07) is 7.71. The van der Waals surface area contributed by atoms with Gasteiger partial charge < -0.3 is 5.32 Å². The molecular formula is C13H14ClN. The van der Waals surface area contributed by atoms with E-state index in [-0.39, 0.29) is 0 Å². The van der Waals surface area contributed by atoms with Gasteiger partial charge in [0.25, 0.3) is 0 Å². The predicted octanol–water partition coefficient (Wildman–Crippen LogP) is 2.69. The van der Waals surface area contributed by atoms with Gasteiger partial charge in [-0.3, -0.25) is 0 Å². The number of halogens is 1. The molecule has 15 heavy (non-hydrogen) atoms. The predicted molar refractivity (Wildman–Crippen MR) is 63.9 cm³/mol. The molecule has 1 heterocycles. The zero-order valence-electron chi connectivity index (χ0n) is 8.59. The van der Waals surface area contributed by atoms with E-state index in [9.17, 15) is 0 Å². The Kier molecular flexibility index (Phi) is 3.66. The van der Waals surface area contributed by atoms with Crippen LogP contribution < -0.4 is 5.32 Å². The summed E-state index contributed by atoms with van der Waals surface area (Å²) in [7, 11) is 0. The first-order valence-corrected chi connectivity index (χ1v) is 5.70. The van der Waals surface area contributed by atoms with Crippen molar-refractivity contribution in [2.45, 2.75) is 12.8 Å². The standard InChI is InChI=1S/C13H14ClN/c14-13-5-1-3-11(9-13)6-7-12-4-2-8-15-10-12/h1,3,5,9,12,15H,2,4,8,10H2. The average Bonchev–Trinajstić information content (AvgIpc) is 2.28. The second-order valence-electron chi connectivity index (χ2n) is 3.82. The molecule has 2 rings (SSSR count).